The van der Waals surface area contributed by atoms with E-state index in [0.29, 0.717) is 11.6 Å². The molecule has 116 valence electrons. The number of aliphatic hydroxyl groups excluding tert-OH is 1. The molecule has 3 aromatic rings. The van der Waals surface area contributed by atoms with Gasteiger partial charge < -0.3 is 15.0 Å². The molecule has 0 saturated carbocycles. The minimum Gasteiger partial charge on any atom is -0.394 e. The summed E-state index contributed by atoms with van der Waals surface area (Å²) in [7, 11) is 1.98. The molecule has 2 heterocycles. The highest BCUT2D eigenvalue weighted by atomic mass is 35.5. The summed E-state index contributed by atoms with van der Waals surface area (Å²) in [4.78, 5) is 4.67. The van der Waals surface area contributed by atoms with E-state index in [9.17, 15) is 0 Å². The zero-order valence-corrected chi connectivity index (χ0v) is 13.2. The van der Waals surface area contributed by atoms with Gasteiger partial charge in [0.2, 0.25) is 0 Å². The van der Waals surface area contributed by atoms with Crippen molar-refractivity contribution < 1.29 is 5.11 Å². The van der Waals surface area contributed by atoms with Gasteiger partial charge in [0, 0.05) is 18.3 Å². The quantitative estimate of drug-likeness (QED) is 0.758. The van der Waals surface area contributed by atoms with Gasteiger partial charge in [0.05, 0.1) is 42.1 Å². The number of fused-ring (bicyclic) bond motifs is 1. The number of rotatable bonds is 5. The van der Waals surface area contributed by atoms with Gasteiger partial charge in [0.25, 0.3) is 0 Å². The molecule has 22 heavy (non-hydrogen) atoms. The summed E-state index contributed by atoms with van der Waals surface area (Å²) in [5.74, 6) is 0.923. The SMILES string of the molecule is CC(Nc1cnn(CCO)c1)c1nc2ccc(Cl)cc2n1C. The smallest absolute Gasteiger partial charge is 0.131 e. The van der Waals surface area contributed by atoms with E-state index in [-0.39, 0.29) is 12.6 Å². The van der Waals surface area contributed by atoms with Crippen LogP contribution in [0.3, 0.4) is 0 Å². The number of anilines is 1. The van der Waals surface area contributed by atoms with Crippen LogP contribution in [0.25, 0.3) is 11.0 Å². The van der Waals surface area contributed by atoms with Crippen LogP contribution in [-0.4, -0.2) is 31.0 Å². The number of hydrogen-bond acceptors (Lipinski definition) is 4. The van der Waals surface area contributed by atoms with Gasteiger partial charge in [-0.15, -0.1) is 0 Å². The number of aliphatic hydroxyl groups is 1. The molecule has 2 N–H and O–H groups in total. The van der Waals surface area contributed by atoms with E-state index in [1.807, 2.05) is 42.9 Å². The Morgan fingerprint density at radius 2 is 2.23 bits per heavy atom. The lowest BCUT2D eigenvalue weighted by molar-refractivity contribution is 0.269. The number of halogens is 1. The third-order valence-corrected chi connectivity index (χ3v) is 3.85. The lowest BCUT2D eigenvalue weighted by atomic mass is 10.3. The first-order valence-corrected chi connectivity index (χ1v) is 7.48. The van der Waals surface area contributed by atoms with Gasteiger partial charge in [-0.3, -0.25) is 4.68 Å². The average Bonchev–Trinajstić information content (AvgIpc) is 3.05. The first-order chi connectivity index (χ1) is 10.6. The molecule has 1 atom stereocenters. The van der Waals surface area contributed by atoms with Crippen LogP contribution in [0.1, 0.15) is 18.8 Å². The van der Waals surface area contributed by atoms with Crippen molar-refractivity contribution in [1.82, 2.24) is 19.3 Å². The molecule has 0 aliphatic rings. The molecule has 6 nitrogen and oxygen atoms in total. The minimum atomic E-state index is 0.0166. The summed E-state index contributed by atoms with van der Waals surface area (Å²) >= 11 is 6.05. The van der Waals surface area contributed by atoms with E-state index in [2.05, 4.69) is 15.4 Å². The molecule has 0 aliphatic carbocycles. The summed E-state index contributed by atoms with van der Waals surface area (Å²) in [5, 5.41) is 17.2. The highest BCUT2D eigenvalue weighted by Gasteiger charge is 2.15. The van der Waals surface area contributed by atoms with Crippen LogP contribution in [-0.2, 0) is 13.6 Å². The first-order valence-electron chi connectivity index (χ1n) is 7.10. The largest absolute Gasteiger partial charge is 0.394 e. The molecule has 0 amide bonds. The molecule has 0 radical (unpaired) electrons. The number of aromatic nitrogens is 4. The van der Waals surface area contributed by atoms with E-state index >= 15 is 0 Å². The zero-order chi connectivity index (χ0) is 15.7. The van der Waals surface area contributed by atoms with Crippen LogP contribution < -0.4 is 5.32 Å². The van der Waals surface area contributed by atoms with Crippen molar-refractivity contribution in [3.8, 4) is 0 Å². The summed E-state index contributed by atoms with van der Waals surface area (Å²) in [6.07, 6.45) is 3.61. The maximum atomic E-state index is 8.92. The monoisotopic (exact) mass is 319 g/mol. The molecule has 3 rings (SSSR count). The van der Waals surface area contributed by atoms with Crippen LogP contribution >= 0.6 is 11.6 Å². The van der Waals surface area contributed by atoms with Crippen molar-refractivity contribution in [2.75, 3.05) is 11.9 Å². The second-order valence-corrected chi connectivity index (χ2v) is 5.68. The molecule has 0 fully saturated rings. The van der Waals surface area contributed by atoms with Gasteiger partial charge in [-0.1, -0.05) is 11.6 Å². The Morgan fingerprint density at radius 3 is 3.00 bits per heavy atom. The second-order valence-electron chi connectivity index (χ2n) is 5.24. The fourth-order valence-electron chi connectivity index (χ4n) is 2.55. The standard InChI is InChI=1S/C15H18ClN5O/c1-10(18-12-8-17-21(9-12)5-6-22)15-19-13-4-3-11(16)7-14(13)20(15)2/h3-4,7-10,18,22H,5-6H2,1-2H3. The summed E-state index contributed by atoms with van der Waals surface area (Å²) in [5.41, 5.74) is 2.82. The van der Waals surface area contributed by atoms with E-state index in [1.54, 1.807) is 10.9 Å². The fraction of sp³-hybridized carbons (Fsp3) is 0.333. The van der Waals surface area contributed by atoms with Gasteiger partial charge in [-0.2, -0.15) is 5.10 Å². The number of aryl methyl sites for hydroxylation is 1. The lowest BCUT2D eigenvalue weighted by Gasteiger charge is -2.13. The number of nitrogens with zero attached hydrogens (tertiary/aromatic N) is 4. The predicted molar refractivity (Wildman–Crippen MR) is 87.1 cm³/mol. The Morgan fingerprint density at radius 1 is 1.41 bits per heavy atom. The minimum absolute atomic E-state index is 0.0166. The van der Waals surface area contributed by atoms with Crippen LogP contribution in [0.4, 0.5) is 5.69 Å². The van der Waals surface area contributed by atoms with Gasteiger partial charge >= 0.3 is 0 Å². The Balaban J connectivity index is 1.85. The Kier molecular flexibility index (Phi) is 4.04. The van der Waals surface area contributed by atoms with Crippen molar-refractivity contribution in [2.45, 2.75) is 19.5 Å². The molecule has 0 saturated heterocycles. The molecule has 0 bridgehead atoms. The Labute approximate surface area is 133 Å². The summed E-state index contributed by atoms with van der Waals surface area (Å²) < 4.78 is 3.74. The predicted octanol–water partition coefficient (Wildman–Crippen LogP) is 2.59. The van der Waals surface area contributed by atoms with Crippen molar-refractivity contribution >= 4 is 28.3 Å². The maximum absolute atomic E-state index is 8.92. The van der Waals surface area contributed by atoms with Crippen LogP contribution in [0.2, 0.25) is 5.02 Å². The highest BCUT2D eigenvalue weighted by molar-refractivity contribution is 6.31. The van der Waals surface area contributed by atoms with E-state index in [4.69, 9.17) is 16.7 Å². The zero-order valence-electron chi connectivity index (χ0n) is 12.5. The normalized spacial score (nSPS) is 12.7. The molecular formula is C15H18ClN5O. The molecule has 0 aliphatic heterocycles. The second kappa shape index (κ2) is 5.98. The third kappa shape index (κ3) is 2.80. The average molecular weight is 320 g/mol. The maximum Gasteiger partial charge on any atom is 0.131 e. The number of hydrogen-bond donors (Lipinski definition) is 2. The molecule has 1 unspecified atom stereocenters. The molecule has 2 aromatic heterocycles. The van der Waals surface area contributed by atoms with E-state index in [1.165, 1.54) is 0 Å². The summed E-state index contributed by atoms with van der Waals surface area (Å²) in [6, 6.07) is 5.70. The van der Waals surface area contributed by atoms with Crippen molar-refractivity contribution in [1.29, 1.82) is 0 Å². The molecule has 1 aromatic carbocycles. The van der Waals surface area contributed by atoms with Gasteiger partial charge in [0.15, 0.2) is 0 Å². The summed E-state index contributed by atoms with van der Waals surface area (Å²) in [6.45, 7) is 2.61. The van der Waals surface area contributed by atoms with Crippen LogP contribution in [0.5, 0.6) is 0 Å². The Bertz CT molecular complexity index is 794. The van der Waals surface area contributed by atoms with Crippen molar-refractivity contribution in [2.24, 2.45) is 7.05 Å². The fourth-order valence-corrected chi connectivity index (χ4v) is 2.71. The first kappa shape index (κ1) is 14.9. The van der Waals surface area contributed by atoms with E-state index < -0.39 is 0 Å². The van der Waals surface area contributed by atoms with E-state index in [0.717, 1.165) is 22.5 Å². The van der Waals surface area contributed by atoms with Crippen LogP contribution in [0, 0.1) is 0 Å². The number of nitrogens with one attached hydrogen (secondary N) is 1. The van der Waals surface area contributed by atoms with Crippen LogP contribution in [0.15, 0.2) is 30.6 Å². The molecule has 0 spiro atoms. The van der Waals surface area contributed by atoms with Crippen molar-refractivity contribution in [3.05, 3.63) is 41.4 Å². The van der Waals surface area contributed by atoms with Gasteiger partial charge in [0.1, 0.15) is 5.82 Å². The topological polar surface area (TPSA) is 67.9 Å². The lowest BCUT2D eigenvalue weighted by Crippen LogP contribution is -2.11. The molecule has 7 heteroatoms. The highest BCUT2D eigenvalue weighted by Crippen LogP contribution is 2.24. The van der Waals surface area contributed by atoms with Crippen molar-refractivity contribution in [3.63, 3.8) is 0 Å². The third-order valence-electron chi connectivity index (χ3n) is 3.61. The molecular weight excluding hydrogens is 302 g/mol. The number of benzene rings is 1. The number of imidazole rings is 1. The van der Waals surface area contributed by atoms with Gasteiger partial charge in [-0.05, 0) is 25.1 Å². The van der Waals surface area contributed by atoms with Gasteiger partial charge in [-0.25, -0.2) is 4.98 Å². The Hall–Kier alpha value is -2.05.